The van der Waals surface area contributed by atoms with Gasteiger partial charge in [0.15, 0.2) is 0 Å². The third-order valence-electron chi connectivity index (χ3n) is 4.58. The molecule has 28 heavy (non-hydrogen) atoms. The zero-order valence-electron chi connectivity index (χ0n) is 15.9. The van der Waals surface area contributed by atoms with Gasteiger partial charge in [0.25, 0.3) is 5.91 Å². The standard InChI is InChI=1S/C22H24N2O4/c1-16-4-2-5-19(14-16)28-13-3-12-23-22(27)18-8-6-17(7-9-18)15-24-20(25)10-11-21(24)26/h2,4-9,14H,3,10-13,15H2,1H3,(H,23,27). The Balaban J connectivity index is 1.40. The van der Waals surface area contributed by atoms with Crippen LogP contribution in [0.5, 0.6) is 5.75 Å². The van der Waals surface area contributed by atoms with Crippen molar-refractivity contribution in [2.24, 2.45) is 0 Å². The molecule has 1 aliphatic heterocycles. The third-order valence-corrected chi connectivity index (χ3v) is 4.58. The summed E-state index contributed by atoms with van der Waals surface area (Å²) in [6.07, 6.45) is 1.27. The van der Waals surface area contributed by atoms with E-state index in [1.165, 1.54) is 4.90 Å². The van der Waals surface area contributed by atoms with Crippen molar-refractivity contribution < 1.29 is 19.1 Å². The van der Waals surface area contributed by atoms with Crippen molar-refractivity contribution in [2.75, 3.05) is 13.2 Å². The van der Waals surface area contributed by atoms with Crippen LogP contribution in [0.2, 0.25) is 0 Å². The van der Waals surface area contributed by atoms with Crippen LogP contribution in [-0.2, 0) is 16.1 Å². The van der Waals surface area contributed by atoms with Crippen LogP contribution in [0, 0.1) is 6.92 Å². The number of nitrogens with one attached hydrogen (secondary N) is 1. The monoisotopic (exact) mass is 380 g/mol. The van der Waals surface area contributed by atoms with E-state index in [2.05, 4.69) is 5.32 Å². The predicted molar refractivity (Wildman–Crippen MR) is 105 cm³/mol. The molecule has 1 fully saturated rings. The summed E-state index contributed by atoms with van der Waals surface area (Å²) in [4.78, 5) is 36.8. The Hall–Kier alpha value is -3.15. The van der Waals surface area contributed by atoms with E-state index in [9.17, 15) is 14.4 Å². The second-order valence-corrected chi connectivity index (χ2v) is 6.84. The molecule has 6 nitrogen and oxygen atoms in total. The first-order chi connectivity index (χ1) is 13.5. The number of benzene rings is 2. The van der Waals surface area contributed by atoms with Gasteiger partial charge in [-0.1, -0.05) is 24.3 Å². The van der Waals surface area contributed by atoms with Crippen molar-refractivity contribution in [1.29, 1.82) is 0 Å². The van der Waals surface area contributed by atoms with Gasteiger partial charge in [-0.15, -0.1) is 0 Å². The van der Waals surface area contributed by atoms with E-state index in [1.807, 2.05) is 31.2 Å². The highest BCUT2D eigenvalue weighted by molar-refractivity contribution is 6.01. The van der Waals surface area contributed by atoms with Crippen LogP contribution in [0.1, 0.15) is 40.7 Å². The maximum Gasteiger partial charge on any atom is 0.251 e. The predicted octanol–water partition coefficient (Wildman–Crippen LogP) is 2.84. The number of carbonyl (C=O) groups is 3. The van der Waals surface area contributed by atoms with Gasteiger partial charge in [-0.25, -0.2) is 0 Å². The summed E-state index contributed by atoms with van der Waals surface area (Å²) in [6, 6.07) is 14.8. The van der Waals surface area contributed by atoms with E-state index in [0.29, 0.717) is 25.1 Å². The largest absolute Gasteiger partial charge is 0.494 e. The normalized spacial score (nSPS) is 13.7. The van der Waals surface area contributed by atoms with Crippen LogP contribution in [0.15, 0.2) is 48.5 Å². The van der Waals surface area contributed by atoms with Gasteiger partial charge in [0.05, 0.1) is 13.2 Å². The molecule has 3 amide bonds. The number of amides is 3. The van der Waals surface area contributed by atoms with Crippen molar-refractivity contribution in [3.05, 3.63) is 65.2 Å². The van der Waals surface area contributed by atoms with Gasteiger partial charge in [0.2, 0.25) is 11.8 Å². The van der Waals surface area contributed by atoms with E-state index < -0.39 is 0 Å². The minimum atomic E-state index is -0.157. The van der Waals surface area contributed by atoms with Crippen LogP contribution in [0.4, 0.5) is 0 Å². The van der Waals surface area contributed by atoms with Crippen LogP contribution < -0.4 is 10.1 Å². The average molecular weight is 380 g/mol. The summed E-state index contributed by atoms with van der Waals surface area (Å²) in [5.74, 6) is 0.395. The van der Waals surface area contributed by atoms with Crippen LogP contribution in [-0.4, -0.2) is 35.8 Å². The number of imide groups is 1. The summed E-state index contributed by atoms with van der Waals surface area (Å²) in [5, 5.41) is 2.87. The lowest BCUT2D eigenvalue weighted by Gasteiger charge is -2.14. The Bertz CT molecular complexity index is 845. The fourth-order valence-electron chi connectivity index (χ4n) is 3.01. The molecule has 0 radical (unpaired) electrons. The van der Waals surface area contributed by atoms with E-state index >= 15 is 0 Å². The lowest BCUT2D eigenvalue weighted by atomic mass is 10.1. The van der Waals surface area contributed by atoms with E-state index in [4.69, 9.17) is 4.74 Å². The van der Waals surface area contributed by atoms with Crippen LogP contribution in [0.25, 0.3) is 0 Å². The van der Waals surface area contributed by atoms with Crippen molar-refractivity contribution >= 4 is 17.7 Å². The second-order valence-electron chi connectivity index (χ2n) is 6.84. The number of hydrogen-bond donors (Lipinski definition) is 1. The molecule has 2 aromatic rings. The van der Waals surface area contributed by atoms with Gasteiger partial charge in [0, 0.05) is 24.9 Å². The molecule has 146 valence electrons. The number of hydrogen-bond acceptors (Lipinski definition) is 4. The van der Waals surface area contributed by atoms with E-state index in [1.54, 1.807) is 24.3 Å². The quantitative estimate of drug-likeness (QED) is 0.564. The molecule has 0 unspecified atom stereocenters. The molecule has 0 spiro atoms. The third kappa shape index (κ3) is 5.19. The smallest absolute Gasteiger partial charge is 0.251 e. The summed E-state index contributed by atoms with van der Waals surface area (Å²) >= 11 is 0. The van der Waals surface area contributed by atoms with Gasteiger partial charge >= 0.3 is 0 Å². The Morgan fingerprint density at radius 3 is 2.46 bits per heavy atom. The number of ether oxygens (including phenoxy) is 1. The highest BCUT2D eigenvalue weighted by atomic mass is 16.5. The summed E-state index contributed by atoms with van der Waals surface area (Å²) < 4.78 is 5.66. The van der Waals surface area contributed by atoms with Crippen molar-refractivity contribution in [2.45, 2.75) is 32.7 Å². The lowest BCUT2D eigenvalue weighted by Crippen LogP contribution is -2.28. The molecule has 0 saturated carbocycles. The van der Waals surface area contributed by atoms with Crippen molar-refractivity contribution in [1.82, 2.24) is 10.2 Å². The topological polar surface area (TPSA) is 75.7 Å². The molecule has 1 heterocycles. The van der Waals surface area contributed by atoms with Crippen molar-refractivity contribution in [3.63, 3.8) is 0 Å². The zero-order chi connectivity index (χ0) is 19.9. The Morgan fingerprint density at radius 1 is 1.07 bits per heavy atom. The lowest BCUT2D eigenvalue weighted by molar-refractivity contribution is -0.139. The molecule has 1 aliphatic rings. The van der Waals surface area contributed by atoms with Gasteiger partial charge < -0.3 is 10.1 Å². The Labute approximate surface area is 164 Å². The molecule has 2 aromatic carbocycles. The minimum absolute atomic E-state index is 0.139. The average Bonchev–Trinajstić information content (AvgIpc) is 3.00. The van der Waals surface area contributed by atoms with Gasteiger partial charge in [-0.05, 0) is 48.7 Å². The molecule has 1 N–H and O–H groups in total. The number of likely N-dealkylation sites (tertiary alicyclic amines) is 1. The summed E-state index contributed by atoms with van der Waals surface area (Å²) in [5.41, 5.74) is 2.52. The maximum absolute atomic E-state index is 12.2. The molecule has 0 aliphatic carbocycles. The molecule has 3 rings (SSSR count). The Kier molecular flexibility index (Phi) is 6.42. The van der Waals surface area contributed by atoms with Crippen LogP contribution in [0.3, 0.4) is 0 Å². The second kappa shape index (κ2) is 9.17. The van der Waals surface area contributed by atoms with Gasteiger partial charge in [-0.3, -0.25) is 19.3 Å². The number of carbonyl (C=O) groups excluding carboxylic acids is 3. The van der Waals surface area contributed by atoms with E-state index in [-0.39, 0.29) is 37.1 Å². The van der Waals surface area contributed by atoms with Gasteiger partial charge in [0.1, 0.15) is 5.75 Å². The first-order valence-corrected chi connectivity index (χ1v) is 9.43. The number of nitrogens with zero attached hydrogens (tertiary/aromatic N) is 1. The summed E-state index contributed by atoms with van der Waals surface area (Å²) in [6.45, 7) is 3.32. The van der Waals surface area contributed by atoms with Gasteiger partial charge in [-0.2, -0.15) is 0 Å². The first kappa shape index (κ1) is 19.6. The molecular formula is C22H24N2O4. The number of aryl methyl sites for hydroxylation is 1. The van der Waals surface area contributed by atoms with E-state index in [0.717, 1.165) is 16.9 Å². The van der Waals surface area contributed by atoms with Crippen LogP contribution >= 0.6 is 0 Å². The SMILES string of the molecule is Cc1cccc(OCCCNC(=O)c2ccc(CN3C(=O)CCC3=O)cc2)c1. The zero-order valence-corrected chi connectivity index (χ0v) is 15.9. The molecule has 0 aromatic heterocycles. The molecular weight excluding hydrogens is 356 g/mol. The molecule has 1 saturated heterocycles. The minimum Gasteiger partial charge on any atom is -0.494 e. The first-order valence-electron chi connectivity index (χ1n) is 9.43. The highest BCUT2D eigenvalue weighted by Crippen LogP contribution is 2.16. The Morgan fingerprint density at radius 2 is 1.79 bits per heavy atom. The maximum atomic E-state index is 12.2. The number of rotatable bonds is 8. The molecule has 0 atom stereocenters. The fourth-order valence-corrected chi connectivity index (χ4v) is 3.01. The molecule has 6 heteroatoms. The summed E-state index contributed by atoms with van der Waals surface area (Å²) in [7, 11) is 0. The fraction of sp³-hybridized carbons (Fsp3) is 0.318. The highest BCUT2D eigenvalue weighted by Gasteiger charge is 2.28. The van der Waals surface area contributed by atoms with Crippen molar-refractivity contribution in [3.8, 4) is 5.75 Å². The molecule has 0 bridgehead atoms.